The smallest absolute Gasteiger partial charge is 0.253 e. The molecule has 0 amide bonds. The summed E-state index contributed by atoms with van der Waals surface area (Å²) in [6.07, 6.45) is 0.827. The van der Waals surface area contributed by atoms with Crippen molar-refractivity contribution in [1.82, 2.24) is 0 Å². The predicted molar refractivity (Wildman–Crippen MR) is 186 cm³/mol. The van der Waals surface area contributed by atoms with Gasteiger partial charge in [0.1, 0.15) is 22.7 Å². The second kappa shape index (κ2) is 13.9. The number of halogens is 2. The Morgan fingerprint density at radius 1 is 0.844 bits per heavy atom. The van der Waals surface area contributed by atoms with Gasteiger partial charge in [-0.3, -0.25) is 19.2 Å². The molecule has 0 aliphatic rings. The van der Waals surface area contributed by atoms with Crippen LogP contribution in [0.25, 0.3) is 0 Å². The van der Waals surface area contributed by atoms with E-state index in [2.05, 4.69) is 42.0 Å². The molecular formula is C34H39Cl2N5O4. The third-order valence-corrected chi connectivity index (χ3v) is 8.49. The maximum atomic E-state index is 11.8. The molecular weight excluding hydrogens is 613 g/mol. The standard InChI is InChI=1S/C17H20Cl2N2O2.C17H19N3O2/c1-5-17(3,4)21-14-13(15(22)16(14)23)20-8-11-9(2)6-10(18)7-12(11)19;1-10(17(2,3)4)19-13-14(16(22)15(13)21)20-12-7-5-11(9-18)6-8-12/h6-7,20-21H,5,8H2,1-4H3;5-8,10,19-20H,1-4H3/t;10-/m.1/s1. The molecule has 0 bridgehead atoms. The summed E-state index contributed by atoms with van der Waals surface area (Å²) < 4.78 is 0. The molecule has 0 aromatic heterocycles. The molecule has 4 rings (SSSR count). The third kappa shape index (κ3) is 8.33. The van der Waals surface area contributed by atoms with Crippen LogP contribution in [-0.2, 0) is 6.54 Å². The summed E-state index contributed by atoms with van der Waals surface area (Å²) in [4.78, 5) is 47.2. The summed E-state index contributed by atoms with van der Waals surface area (Å²) in [5.74, 6) is 0. The number of aryl methyl sites for hydroxylation is 1. The maximum Gasteiger partial charge on any atom is 0.253 e. The summed E-state index contributed by atoms with van der Waals surface area (Å²) in [7, 11) is 0. The topological polar surface area (TPSA) is 140 Å². The second-order valence-corrected chi connectivity index (χ2v) is 13.6. The van der Waals surface area contributed by atoms with E-state index in [0.717, 1.165) is 17.5 Å². The molecule has 0 fully saturated rings. The first-order valence-electron chi connectivity index (χ1n) is 14.6. The molecule has 0 heterocycles. The average molecular weight is 653 g/mol. The van der Waals surface area contributed by atoms with Crippen LogP contribution in [0.5, 0.6) is 0 Å². The highest BCUT2D eigenvalue weighted by Crippen LogP contribution is 2.28. The minimum absolute atomic E-state index is 0.0362. The first-order chi connectivity index (χ1) is 20.9. The molecule has 0 aliphatic carbocycles. The molecule has 0 unspecified atom stereocenters. The third-order valence-electron chi connectivity index (χ3n) is 7.94. The van der Waals surface area contributed by atoms with Crippen LogP contribution in [0.4, 0.5) is 28.4 Å². The molecule has 238 valence electrons. The molecule has 1 atom stereocenters. The van der Waals surface area contributed by atoms with Crippen molar-refractivity contribution in [3.63, 3.8) is 0 Å². The number of hydrogen-bond donors (Lipinski definition) is 4. The lowest BCUT2D eigenvalue weighted by Crippen LogP contribution is -2.42. The number of anilines is 5. The van der Waals surface area contributed by atoms with E-state index in [4.69, 9.17) is 28.5 Å². The van der Waals surface area contributed by atoms with Gasteiger partial charge in [0.2, 0.25) is 0 Å². The molecule has 45 heavy (non-hydrogen) atoms. The zero-order valence-corrected chi connectivity index (χ0v) is 28.3. The van der Waals surface area contributed by atoms with Gasteiger partial charge < -0.3 is 21.3 Å². The quantitative estimate of drug-likeness (QED) is 0.135. The second-order valence-electron chi connectivity index (χ2n) is 12.8. The largest absolute Gasteiger partial charge is 0.377 e. The van der Waals surface area contributed by atoms with Crippen molar-refractivity contribution < 1.29 is 0 Å². The lowest BCUT2D eigenvalue weighted by atomic mass is 9.87. The van der Waals surface area contributed by atoms with Crippen LogP contribution < -0.4 is 43.0 Å². The Kier molecular flexibility index (Phi) is 10.9. The molecule has 0 saturated heterocycles. The Morgan fingerprint density at radius 3 is 1.93 bits per heavy atom. The van der Waals surface area contributed by atoms with Crippen molar-refractivity contribution in [1.29, 1.82) is 5.26 Å². The fraction of sp³-hybridized carbons (Fsp3) is 0.382. The lowest BCUT2D eigenvalue weighted by Gasteiger charge is -2.30. The van der Waals surface area contributed by atoms with Gasteiger partial charge in [0.15, 0.2) is 0 Å². The van der Waals surface area contributed by atoms with Gasteiger partial charge in [0.25, 0.3) is 21.7 Å². The normalized spacial score (nSPS) is 12.2. The Morgan fingerprint density at radius 2 is 1.40 bits per heavy atom. The molecule has 0 radical (unpaired) electrons. The van der Waals surface area contributed by atoms with Gasteiger partial charge in [-0.25, -0.2) is 0 Å². The van der Waals surface area contributed by atoms with Gasteiger partial charge in [0, 0.05) is 33.9 Å². The monoisotopic (exact) mass is 651 g/mol. The zero-order valence-electron chi connectivity index (χ0n) is 26.8. The number of nitrogens with one attached hydrogen (secondary N) is 4. The molecule has 4 N–H and O–H groups in total. The lowest BCUT2D eigenvalue weighted by molar-refractivity contribution is 0.359. The van der Waals surface area contributed by atoms with Crippen molar-refractivity contribution in [2.24, 2.45) is 5.41 Å². The SMILES string of the molecule is CCC(C)(C)Nc1c(NCc2c(C)cc(Cl)cc2Cl)c(=O)c1=O.C[C@@H](Nc1c(Nc2ccc(C#N)cc2)c(=O)c1=O)C(C)(C)C. The Bertz CT molecular complexity index is 1840. The molecule has 0 spiro atoms. The number of nitriles is 1. The molecule has 0 aliphatic heterocycles. The first kappa shape index (κ1) is 35.4. The zero-order chi connectivity index (χ0) is 33.9. The van der Waals surface area contributed by atoms with Gasteiger partial charge in [-0.2, -0.15) is 5.26 Å². The number of nitrogens with zero attached hydrogens (tertiary/aromatic N) is 1. The van der Waals surface area contributed by atoms with E-state index in [-0.39, 0.29) is 22.7 Å². The van der Waals surface area contributed by atoms with Crippen LogP contribution in [0.3, 0.4) is 0 Å². The molecule has 11 heteroatoms. The van der Waals surface area contributed by atoms with Crippen LogP contribution in [0, 0.1) is 23.7 Å². The molecule has 0 saturated carbocycles. The average Bonchev–Trinajstić information content (AvgIpc) is 2.98. The van der Waals surface area contributed by atoms with Crippen LogP contribution in [-0.4, -0.2) is 11.6 Å². The summed E-state index contributed by atoms with van der Waals surface area (Å²) >= 11 is 12.2. The van der Waals surface area contributed by atoms with Crippen LogP contribution in [0.2, 0.25) is 10.0 Å². The van der Waals surface area contributed by atoms with Crippen molar-refractivity contribution in [3.8, 4) is 6.07 Å². The van der Waals surface area contributed by atoms with Crippen LogP contribution in [0.15, 0.2) is 55.6 Å². The summed E-state index contributed by atoms with van der Waals surface area (Å²) in [5.41, 5.74) is 1.98. The highest BCUT2D eigenvalue weighted by Gasteiger charge is 2.28. The van der Waals surface area contributed by atoms with Crippen molar-refractivity contribution in [2.75, 3.05) is 21.3 Å². The van der Waals surface area contributed by atoms with Crippen molar-refractivity contribution >= 4 is 51.6 Å². The minimum atomic E-state index is -0.520. The van der Waals surface area contributed by atoms with E-state index in [9.17, 15) is 19.2 Å². The molecule has 4 aromatic carbocycles. The first-order valence-corrected chi connectivity index (χ1v) is 15.3. The number of hydrogen-bond acceptors (Lipinski definition) is 9. The van der Waals surface area contributed by atoms with Crippen molar-refractivity contribution in [3.05, 3.63) is 104 Å². The van der Waals surface area contributed by atoms with Gasteiger partial charge in [0.05, 0.1) is 11.6 Å². The van der Waals surface area contributed by atoms with E-state index < -0.39 is 21.7 Å². The molecule has 4 aromatic rings. The number of benzene rings is 2. The highest BCUT2D eigenvalue weighted by atomic mass is 35.5. The van der Waals surface area contributed by atoms with Gasteiger partial charge in [-0.1, -0.05) is 50.9 Å². The van der Waals surface area contributed by atoms with E-state index >= 15 is 0 Å². The number of rotatable bonds is 10. The predicted octanol–water partition coefficient (Wildman–Crippen LogP) is 6.85. The van der Waals surface area contributed by atoms with E-state index in [1.165, 1.54) is 0 Å². The highest BCUT2D eigenvalue weighted by molar-refractivity contribution is 6.35. The minimum Gasteiger partial charge on any atom is -0.377 e. The van der Waals surface area contributed by atoms with E-state index in [0.29, 0.717) is 44.9 Å². The van der Waals surface area contributed by atoms with Crippen LogP contribution >= 0.6 is 23.2 Å². The fourth-order valence-electron chi connectivity index (χ4n) is 4.09. The Hall–Kier alpha value is -4.13. The van der Waals surface area contributed by atoms with Gasteiger partial charge in [-0.05, 0) is 87.1 Å². The van der Waals surface area contributed by atoms with E-state index in [1.807, 2.05) is 46.8 Å². The molecule has 9 nitrogen and oxygen atoms in total. The van der Waals surface area contributed by atoms with E-state index in [1.54, 1.807) is 30.3 Å². The van der Waals surface area contributed by atoms with Crippen molar-refractivity contribution in [2.45, 2.75) is 79.9 Å². The summed E-state index contributed by atoms with van der Waals surface area (Å²) in [5, 5.41) is 22.1. The Balaban J connectivity index is 0.000000246. The summed E-state index contributed by atoms with van der Waals surface area (Å²) in [6, 6.07) is 12.2. The summed E-state index contributed by atoms with van der Waals surface area (Å²) in [6.45, 7) is 16.4. The Labute approximate surface area is 273 Å². The maximum absolute atomic E-state index is 11.8. The van der Waals surface area contributed by atoms with Gasteiger partial charge in [-0.15, -0.1) is 0 Å². The van der Waals surface area contributed by atoms with Crippen LogP contribution in [0.1, 0.15) is 71.6 Å². The van der Waals surface area contributed by atoms with Gasteiger partial charge >= 0.3 is 0 Å². The fourth-order valence-corrected chi connectivity index (χ4v) is 4.76.